The van der Waals surface area contributed by atoms with Gasteiger partial charge in [-0.2, -0.15) is 0 Å². The van der Waals surface area contributed by atoms with E-state index in [1.54, 1.807) is 7.05 Å². The summed E-state index contributed by atoms with van der Waals surface area (Å²) in [5.74, 6) is -0.155. The maximum Gasteiger partial charge on any atom is 0.296 e. The molecular formula is C22H26N4O6. The van der Waals surface area contributed by atoms with Gasteiger partial charge in [0.2, 0.25) is 11.8 Å². The van der Waals surface area contributed by atoms with Crippen LogP contribution in [0.2, 0.25) is 0 Å². The molecule has 3 rings (SSSR count). The van der Waals surface area contributed by atoms with Crippen molar-refractivity contribution in [2.45, 2.75) is 20.3 Å². The Hall–Kier alpha value is -3.66. The SMILES string of the molecule is Cc1cccc(NC(=O)CN(C)CC(=O)Nc2cc3c(cc2[N+](=O)[O-])OCCCO3)c1C. The number of anilines is 2. The second kappa shape index (κ2) is 10.1. The summed E-state index contributed by atoms with van der Waals surface area (Å²) in [5.41, 5.74) is 2.47. The zero-order valence-electron chi connectivity index (χ0n) is 18.3. The smallest absolute Gasteiger partial charge is 0.296 e. The van der Waals surface area contributed by atoms with E-state index in [1.807, 2.05) is 32.0 Å². The van der Waals surface area contributed by atoms with E-state index in [0.717, 1.165) is 16.8 Å². The Morgan fingerprint density at radius 2 is 1.62 bits per heavy atom. The third-order valence-electron chi connectivity index (χ3n) is 5.04. The molecule has 0 fully saturated rings. The Bertz CT molecular complexity index is 1040. The second-order valence-electron chi connectivity index (χ2n) is 7.64. The van der Waals surface area contributed by atoms with Crippen LogP contribution >= 0.6 is 0 Å². The van der Waals surface area contributed by atoms with E-state index in [9.17, 15) is 19.7 Å². The van der Waals surface area contributed by atoms with Gasteiger partial charge in [-0.15, -0.1) is 0 Å². The average Bonchev–Trinajstić information content (AvgIpc) is 2.95. The van der Waals surface area contributed by atoms with Crippen molar-refractivity contribution < 1.29 is 24.0 Å². The number of fused-ring (bicyclic) bond motifs is 1. The standard InChI is InChI=1S/C22H26N4O6/c1-14-6-4-7-16(15(14)2)23-21(27)12-25(3)13-22(28)24-17-10-19-20(11-18(17)26(29)30)32-9-5-8-31-19/h4,6-7,10-11H,5,8-9,12-13H2,1-3H3,(H,23,27)(H,24,28). The van der Waals surface area contributed by atoms with Crippen LogP contribution < -0.4 is 20.1 Å². The Kier molecular flexibility index (Phi) is 7.26. The van der Waals surface area contributed by atoms with Crippen LogP contribution in [0.5, 0.6) is 11.5 Å². The quantitative estimate of drug-likeness (QED) is 0.499. The molecule has 0 atom stereocenters. The molecule has 10 nitrogen and oxygen atoms in total. The molecule has 1 aliphatic heterocycles. The van der Waals surface area contributed by atoms with Crippen molar-refractivity contribution in [2.24, 2.45) is 0 Å². The number of ether oxygens (including phenoxy) is 2. The molecule has 0 saturated carbocycles. The van der Waals surface area contributed by atoms with E-state index < -0.39 is 10.8 Å². The first kappa shape index (κ1) is 23.0. The number of aryl methyl sites for hydroxylation is 1. The fourth-order valence-electron chi connectivity index (χ4n) is 3.26. The molecule has 0 aliphatic carbocycles. The van der Waals surface area contributed by atoms with Gasteiger partial charge in [-0.1, -0.05) is 12.1 Å². The molecule has 0 spiro atoms. The van der Waals surface area contributed by atoms with E-state index in [-0.39, 0.29) is 36.1 Å². The molecule has 0 radical (unpaired) electrons. The van der Waals surface area contributed by atoms with Crippen molar-refractivity contribution >= 4 is 28.9 Å². The number of nitro groups is 1. The Labute approximate surface area is 185 Å². The number of benzene rings is 2. The van der Waals surface area contributed by atoms with Crippen LogP contribution in [0.4, 0.5) is 17.1 Å². The van der Waals surface area contributed by atoms with Crippen molar-refractivity contribution in [1.29, 1.82) is 0 Å². The number of amides is 2. The lowest BCUT2D eigenvalue weighted by Gasteiger charge is -2.17. The highest BCUT2D eigenvalue weighted by Gasteiger charge is 2.23. The number of nitro benzene ring substituents is 1. The van der Waals surface area contributed by atoms with E-state index in [2.05, 4.69) is 10.6 Å². The first-order chi connectivity index (χ1) is 15.2. The van der Waals surface area contributed by atoms with E-state index in [0.29, 0.717) is 25.4 Å². The summed E-state index contributed by atoms with van der Waals surface area (Å²) in [6.07, 6.45) is 0.652. The molecule has 0 bridgehead atoms. The second-order valence-corrected chi connectivity index (χ2v) is 7.64. The highest BCUT2D eigenvalue weighted by molar-refractivity contribution is 5.96. The molecule has 1 heterocycles. The van der Waals surface area contributed by atoms with Gasteiger partial charge in [-0.05, 0) is 38.1 Å². The lowest BCUT2D eigenvalue weighted by atomic mass is 10.1. The maximum atomic E-state index is 12.5. The van der Waals surface area contributed by atoms with Crippen LogP contribution in [0.15, 0.2) is 30.3 Å². The van der Waals surface area contributed by atoms with Crippen LogP contribution in [-0.2, 0) is 9.59 Å². The number of hydrogen-bond donors (Lipinski definition) is 2. The fourth-order valence-corrected chi connectivity index (χ4v) is 3.26. The van der Waals surface area contributed by atoms with E-state index >= 15 is 0 Å². The molecule has 10 heteroatoms. The number of rotatable bonds is 7. The lowest BCUT2D eigenvalue weighted by molar-refractivity contribution is -0.384. The number of nitrogens with zero attached hydrogens (tertiary/aromatic N) is 2. The summed E-state index contributed by atoms with van der Waals surface area (Å²) in [6.45, 7) is 4.53. The van der Waals surface area contributed by atoms with Gasteiger partial charge in [-0.3, -0.25) is 24.6 Å². The van der Waals surface area contributed by atoms with Crippen molar-refractivity contribution in [3.63, 3.8) is 0 Å². The van der Waals surface area contributed by atoms with Gasteiger partial charge in [-0.25, -0.2) is 0 Å². The molecule has 2 amide bonds. The summed E-state index contributed by atoms with van der Waals surface area (Å²) in [5, 5.41) is 16.8. The first-order valence-electron chi connectivity index (χ1n) is 10.2. The van der Waals surface area contributed by atoms with Crippen molar-refractivity contribution in [1.82, 2.24) is 4.90 Å². The molecule has 0 unspecified atom stereocenters. The minimum Gasteiger partial charge on any atom is -0.489 e. The summed E-state index contributed by atoms with van der Waals surface area (Å²) in [6, 6.07) is 8.27. The zero-order chi connectivity index (χ0) is 23.3. The predicted octanol–water partition coefficient (Wildman–Crippen LogP) is 2.88. The molecule has 170 valence electrons. The third-order valence-corrected chi connectivity index (χ3v) is 5.04. The molecule has 32 heavy (non-hydrogen) atoms. The topological polar surface area (TPSA) is 123 Å². The third kappa shape index (κ3) is 5.73. The number of likely N-dealkylation sites (N-methyl/N-ethyl adjacent to an activating group) is 1. The summed E-state index contributed by atoms with van der Waals surface area (Å²) < 4.78 is 11.0. The molecule has 2 aromatic rings. The number of carbonyl (C=O) groups excluding carboxylic acids is 2. The normalized spacial score (nSPS) is 12.8. The highest BCUT2D eigenvalue weighted by Crippen LogP contribution is 2.39. The minimum absolute atomic E-state index is 0.0116. The van der Waals surface area contributed by atoms with E-state index in [1.165, 1.54) is 17.0 Å². The monoisotopic (exact) mass is 442 g/mol. The van der Waals surface area contributed by atoms with Gasteiger partial charge in [0.25, 0.3) is 5.69 Å². The van der Waals surface area contributed by atoms with E-state index in [4.69, 9.17) is 9.47 Å². The molecule has 2 N–H and O–H groups in total. The Morgan fingerprint density at radius 3 is 2.25 bits per heavy atom. The van der Waals surface area contributed by atoms with Gasteiger partial charge in [0.05, 0.1) is 37.3 Å². The predicted molar refractivity (Wildman–Crippen MR) is 119 cm³/mol. The van der Waals surface area contributed by atoms with Gasteiger partial charge < -0.3 is 20.1 Å². The molecular weight excluding hydrogens is 416 g/mol. The minimum atomic E-state index is -0.592. The first-order valence-corrected chi connectivity index (χ1v) is 10.2. The molecule has 0 saturated heterocycles. The van der Waals surface area contributed by atoms with Crippen LogP contribution in [-0.4, -0.2) is 55.0 Å². The van der Waals surface area contributed by atoms with Crippen LogP contribution in [0.3, 0.4) is 0 Å². The Morgan fingerprint density at radius 1 is 1.03 bits per heavy atom. The zero-order valence-corrected chi connectivity index (χ0v) is 18.3. The summed E-state index contributed by atoms with van der Waals surface area (Å²) in [4.78, 5) is 37.2. The van der Waals surface area contributed by atoms with Gasteiger partial charge in [0, 0.05) is 18.2 Å². The van der Waals surface area contributed by atoms with Crippen molar-refractivity contribution in [3.05, 3.63) is 51.6 Å². The average molecular weight is 442 g/mol. The van der Waals surface area contributed by atoms with Gasteiger partial charge >= 0.3 is 0 Å². The van der Waals surface area contributed by atoms with Crippen LogP contribution in [0, 0.1) is 24.0 Å². The molecule has 2 aromatic carbocycles. The van der Waals surface area contributed by atoms with Crippen molar-refractivity contribution in [3.8, 4) is 11.5 Å². The molecule has 0 aromatic heterocycles. The number of carbonyl (C=O) groups is 2. The fraction of sp³-hybridized carbons (Fsp3) is 0.364. The molecule has 1 aliphatic rings. The lowest BCUT2D eigenvalue weighted by Crippen LogP contribution is -2.36. The van der Waals surface area contributed by atoms with Crippen LogP contribution in [0.1, 0.15) is 17.5 Å². The number of hydrogen-bond acceptors (Lipinski definition) is 7. The summed E-state index contributed by atoms with van der Waals surface area (Å²) in [7, 11) is 1.62. The maximum absolute atomic E-state index is 12.5. The van der Waals surface area contributed by atoms with Gasteiger partial charge in [0.15, 0.2) is 11.5 Å². The largest absolute Gasteiger partial charge is 0.489 e. The van der Waals surface area contributed by atoms with Crippen molar-refractivity contribution in [2.75, 3.05) is 44.0 Å². The Balaban J connectivity index is 1.62. The summed E-state index contributed by atoms with van der Waals surface area (Å²) >= 11 is 0. The number of nitrogens with one attached hydrogen (secondary N) is 2. The van der Waals surface area contributed by atoms with Gasteiger partial charge in [0.1, 0.15) is 5.69 Å². The highest BCUT2D eigenvalue weighted by atomic mass is 16.6. The van der Waals surface area contributed by atoms with Crippen LogP contribution in [0.25, 0.3) is 0 Å².